The van der Waals surface area contributed by atoms with Crippen LogP contribution in [0.3, 0.4) is 0 Å². The van der Waals surface area contributed by atoms with E-state index in [2.05, 4.69) is 51.1 Å². The van der Waals surface area contributed by atoms with E-state index in [0.29, 0.717) is 5.41 Å². The fourth-order valence-electron chi connectivity index (χ4n) is 3.06. The summed E-state index contributed by atoms with van der Waals surface area (Å²) in [6, 6.07) is 10.6. The van der Waals surface area contributed by atoms with Crippen molar-refractivity contribution in [3.05, 3.63) is 35.9 Å². The minimum Gasteiger partial charge on any atom is -0.321 e. The van der Waals surface area contributed by atoms with E-state index in [1.54, 1.807) is 0 Å². The van der Waals surface area contributed by atoms with Crippen LogP contribution in [0.15, 0.2) is 30.3 Å². The van der Waals surface area contributed by atoms with Crippen molar-refractivity contribution < 1.29 is 0 Å². The number of benzene rings is 1. The lowest BCUT2D eigenvalue weighted by Crippen LogP contribution is -2.42. The molecule has 0 aromatic heterocycles. The Bertz CT molecular complexity index is 353. The highest BCUT2D eigenvalue weighted by Crippen LogP contribution is 2.44. The summed E-state index contributed by atoms with van der Waals surface area (Å²) in [5.41, 5.74) is 8.25. The van der Waals surface area contributed by atoms with Gasteiger partial charge in [-0.1, -0.05) is 51.1 Å². The maximum Gasteiger partial charge on any atom is 0.0409 e. The smallest absolute Gasteiger partial charge is 0.0409 e. The highest BCUT2D eigenvalue weighted by atomic mass is 14.7. The van der Waals surface area contributed by atoms with Crippen LogP contribution in [-0.4, -0.2) is 0 Å². The van der Waals surface area contributed by atoms with Crippen molar-refractivity contribution in [3.8, 4) is 0 Å². The fourth-order valence-corrected chi connectivity index (χ4v) is 3.06. The molecule has 1 aromatic carbocycles. The van der Waals surface area contributed by atoms with Crippen LogP contribution < -0.4 is 5.73 Å². The maximum absolute atomic E-state index is 6.59. The highest BCUT2D eigenvalue weighted by molar-refractivity contribution is 5.24. The number of nitrogens with two attached hydrogens (primary N) is 1. The molecule has 1 saturated carbocycles. The third kappa shape index (κ3) is 2.71. The number of rotatable bonds is 1. The SMILES string of the molecule is CC(C)(C)C1CCC(N)(c2ccccc2)CC1. The van der Waals surface area contributed by atoms with E-state index < -0.39 is 0 Å². The van der Waals surface area contributed by atoms with Crippen LogP contribution in [0.2, 0.25) is 0 Å². The quantitative estimate of drug-likeness (QED) is 0.774. The van der Waals surface area contributed by atoms with Gasteiger partial charge in [-0.2, -0.15) is 0 Å². The van der Waals surface area contributed by atoms with Crippen LogP contribution in [0.4, 0.5) is 0 Å². The van der Waals surface area contributed by atoms with Gasteiger partial charge < -0.3 is 5.73 Å². The lowest BCUT2D eigenvalue weighted by molar-refractivity contribution is 0.134. The average molecular weight is 231 g/mol. The molecule has 1 aliphatic carbocycles. The molecule has 1 heteroatoms. The van der Waals surface area contributed by atoms with Gasteiger partial charge in [0.25, 0.3) is 0 Å². The summed E-state index contributed by atoms with van der Waals surface area (Å²) in [6.45, 7) is 7.05. The lowest BCUT2D eigenvalue weighted by Gasteiger charge is -2.42. The molecule has 0 amide bonds. The number of hydrogen-bond acceptors (Lipinski definition) is 1. The van der Waals surface area contributed by atoms with Gasteiger partial charge in [-0.15, -0.1) is 0 Å². The predicted molar refractivity (Wildman–Crippen MR) is 73.7 cm³/mol. The van der Waals surface area contributed by atoms with E-state index >= 15 is 0 Å². The molecule has 17 heavy (non-hydrogen) atoms. The van der Waals surface area contributed by atoms with E-state index in [0.717, 1.165) is 18.8 Å². The Morgan fingerprint density at radius 2 is 1.59 bits per heavy atom. The summed E-state index contributed by atoms with van der Waals surface area (Å²) in [5, 5.41) is 0. The molecule has 2 rings (SSSR count). The zero-order valence-corrected chi connectivity index (χ0v) is 11.4. The standard InChI is InChI=1S/C16H25N/c1-15(2,3)13-9-11-16(17,12-10-13)14-7-5-4-6-8-14/h4-8,13H,9-12,17H2,1-3H3. The van der Waals surface area contributed by atoms with E-state index in [1.807, 2.05) is 0 Å². The van der Waals surface area contributed by atoms with Crippen LogP contribution in [-0.2, 0) is 5.54 Å². The van der Waals surface area contributed by atoms with Gasteiger partial charge in [0.1, 0.15) is 0 Å². The van der Waals surface area contributed by atoms with Gasteiger partial charge in [-0.3, -0.25) is 0 Å². The molecule has 1 nitrogen and oxygen atoms in total. The second-order valence-electron chi connectivity index (χ2n) is 6.66. The Balaban J connectivity index is 2.08. The molecule has 2 N–H and O–H groups in total. The molecule has 1 aromatic rings. The topological polar surface area (TPSA) is 26.0 Å². The first-order valence-electron chi connectivity index (χ1n) is 6.76. The first-order chi connectivity index (χ1) is 7.92. The van der Waals surface area contributed by atoms with E-state index in [9.17, 15) is 0 Å². The van der Waals surface area contributed by atoms with Crippen molar-refractivity contribution in [2.75, 3.05) is 0 Å². The summed E-state index contributed by atoms with van der Waals surface area (Å²) < 4.78 is 0. The van der Waals surface area contributed by atoms with Crippen LogP contribution in [0.25, 0.3) is 0 Å². The first kappa shape index (κ1) is 12.6. The zero-order chi connectivity index (χ0) is 12.5. The van der Waals surface area contributed by atoms with Gasteiger partial charge in [0.2, 0.25) is 0 Å². The predicted octanol–water partition coefficient (Wildman–Crippen LogP) is 4.08. The fraction of sp³-hybridized carbons (Fsp3) is 0.625. The monoisotopic (exact) mass is 231 g/mol. The van der Waals surface area contributed by atoms with Gasteiger partial charge >= 0.3 is 0 Å². The Morgan fingerprint density at radius 1 is 1.06 bits per heavy atom. The zero-order valence-electron chi connectivity index (χ0n) is 11.4. The number of hydrogen-bond donors (Lipinski definition) is 1. The van der Waals surface area contributed by atoms with Gasteiger partial charge in [-0.05, 0) is 42.6 Å². The molecule has 0 bridgehead atoms. The molecule has 0 atom stereocenters. The Labute approximate surface area is 105 Å². The van der Waals surface area contributed by atoms with E-state index in [1.165, 1.54) is 18.4 Å². The molecule has 1 aliphatic rings. The Morgan fingerprint density at radius 3 is 2.06 bits per heavy atom. The van der Waals surface area contributed by atoms with Gasteiger partial charge in [-0.25, -0.2) is 0 Å². The van der Waals surface area contributed by atoms with Crippen LogP contribution in [0.5, 0.6) is 0 Å². The molecule has 1 fully saturated rings. The molecule has 94 valence electrons. The van der Waals surface area contributed by atoms with Crippen molar-refractivity contribution in [2.45, 2.75) is 52.0 Å². The largest absolute Gasteiger partial charge is 0.321 e. The van der Waals surface area contributed by atoms with Gasteiger partial charge in [0.15, 0.2) is 0 Å². The normalized spacial score (nSPS) is 30.2. The molecule has 0 radical (unpaired) electrons. The molecular weight excluding hydrogens is 206 g/mol. The lowest BCUT2D eigenvalue weighted by atomic mass is 9.66. The molecule has 0 heterocycles. The van der Waals surface area contributed by atoms with E-state index in [-0.39, 0.29) is 5.54 Å². The minimum absolute atomic E-state index is 0.0803. The second kappa shape index (κ2) is 4.45. The molecule has 0 spiro atoms. The van der Waals surface area contributed by atoms with Crippen LogP contribution in [0, 0.1) is 11.3 Å². The third-order valence-electron chi connectivity index (χ3n) is 4.45. The van der Waals surface area contributed by atoms with Crippen LogP contribution in [0.1, 0.15) is 52.0 Å². The van der Waals surface area contributed by atoms with Crippen molar-refractivity contribution in [3.63, 3.8) is 0 Å². The average Bonchev–Trinajstić information content (AvgIpc) is 2.29. The summed E-state index contributed by atoms with van der Waals surface area (Å²) >= 11 is 0. The van der Waals surface area contributed by atoms with Crippen molar-refractivity contribution in [1.82, 2.24) is 0 Å². The second-order valence-corrected chi connectivity index (χ2v) is 6.66. The van der Waals surface area contributed by atoms with Gasteiger partial charge in [0, 0.05) is 5.54 Å². The minimum atomic E-state index is -0.0803. The molecule has 0 saturated heterocycles. The summed E-state index contributed by atoms with van der Waals surface area (Å²) in [4.78, 5) is 0. The molecular formula is C16H25N. The van der Waals surface area contributed by atoms with E-state index in [4.69, 9.17) is 5.73 Å². The third-order valence-corrected chi connectivity index (χ3v) is 4.45. The molecule has 0 aliphatic heterocycles. The first-order valence-corrected chi connectivity index (χ1v) is 6.76. The van der Waals surface area contributed by atoms with Crippen molar-refractivity contribution in [1.29, 1.82) is 0 Å². The highest BCUT2D eigenvalue weighted by Gasteiger charge is 2.36. The Kier molecular flexibility index (Phi) is 3.31. The summed E-state index contributed by atoms with van der Waals surface area (Å²) in [5.74, 6) is 0.822. The van der Waals surface area contributed by atoms with Crippen LogP contribution >= 0.6 is 0 Å². The maximum atomic E-state index is 6.59. The summed E-state index contributed by atoms with van der Waals surface area (Å²) in [7, 11) is 0. The molecule has 0 unspecified atom stereocenters. The van der Waals surface area contributed by atoms with Crippen molar-refractivity contribution in [2.24, 2.45) is 17.1 Å². The Hall–Kier alpha value is -0.820. The summed E-state index contributed by atoms with van der Waals surface area (Å²) in [6.07, 6.45) is 4.77. The van der Waals surface area contributed by atoms with Gasteiger partial charge in [0.05, 0.1) is 0 Å². The van der Waals surface area contributed by atoms with Crippen molar-refractivity contribution >= 4 is 0 Å².